The van der Waals surface area contributed by atoms with E-state index < -0.39 is 10.0 Å². The van der Waals surface area contributed by atoms with Crippen molar-refractivity contribution in [2.24, 2.45) is 5.92 Å². The number of anilines is 1. The molecule has 0 saturated heterocycles. The van der Waals surface area contributed by atoms with Crippen molar-refractivity contribution in [3.05, 3.63) is 22.7 Å². The topological polar surface area (TPSA) is 72.2 Å². The zero-order valence-corrected chi connectivity index (χ0v) is 13.4. The lowest BCUT2D eigenvalue weighted by Gasteiger charge is -2.18. The highest BCUT2D eigenvalue weighted by Gasteiger charge is 2.28. The molecule has 3 N–H and O–H groups in total. The van der Waals surface area contributed by atoms with Crippen LogP contribution >= 0.6 is 11.6 Å². The average molecular weight is 317 g/mol. The van der Waals surface area contributed by atoms with Crippen LogP contribution in [-0.4, -0.2) is 14.5 Å². The standard InChI is InChI=1S/C14H21ClN2O2S/c1-3-12(6-10-4-5-10)17-20(18,19)14-8-11(15)7-13(16)9(14)2/h7-8,10,12,17H,3-6,16H2,1-2H3. The highest BCUT2D eigenvalue weighted by molar-refractivity contribution is 7.89. The molecular formula is C14H21ClN2O2S. The molecule has 1 aliphatic rings. The molecule has 0 radical (unpaired) electrons. The lowest BCUT2D eigenvalue weighted by molar-refractivity contribution is 0.495. The Labute approximate surface area is 125 Å². The van der Waals surface area contributed by atoms with Crippen LogP contribution in [0.2, 0.25) is 5.02 Å². The second-order valence-electron chi connectivity index (χ2n) is 5.52. The monoisotopic (exact) mass is 316 g/mol. The fourth-order valence-electron chi connectivity index (χ4n) is 2.29. The van der Waals surface area contributed by atoms with Crippen molar-refractivity contribution in [1.29, 1.82) is 0 Å². The molecule has 20 heavy (non-hydrogen) atoms. The smallest absolute Gasteiger partial charge is 0.241 e. The van der Waals surface area contributed by atoms with E-state index in [4.69, 9.17) is 17.3 Å². The molecule has 6 heteroatoms. The zero-order valence-electron chi connectivity index (χ0n) is 11.8. The number of halogens is 1. The summed E-state index contributed by atoms with van der Waals surface area (Å²) in [6, 6.07) is 3.00. The fraction of sp³-hybridized carbons (Fsp3) is 0.571. The number of nitrogens with one attached hydrogen (secondary N) is 1. The van der Waals surface area contributed by atoms with Gasteiger partial charge in [-0.2, -0.15) is 0 Å². The Balaban J connectivity index is 2.24. The van der Waals surface area contributed by atoms with Crippen molar-refractivity contribution in [2.45, 2.75) is 50.5 Å². The first-order valence-electron chi connectivity index (χ1n) is 6.91. The van der Waals surface area contributed by atoms with Gasteiger partial charge in [0, 0.05) is 16.8 Å². The SMILES string of the molecule is CCC(CC1CC1)NS(=O)(=O)c1cc(Cl)cc(N)c1C. The summed E-state index contributed by atoms with van der Waals surface area (Å²) in [6.45, 7) is 3.69. The van der Waals surface area contributed by atoms with Gasteiger partial charge in [0.05, 0.1) is 4.90 Å². The summed E-state index contributed by atoms with van der Waals surface area (Å²) in [6.07, 6.45) is 4.11. The Morgan fingerprint density at radius 3 is 2.65 bits per heavy atom. The van der Waals surface area contributed by atoms with Crippen LogP contribution in [-0.2, 0) is 10.0 Å². The number of benzene rings is 1. The Morgan fingerprint density at radius 1 is 1.45 bits per heavy atom. The average Bonchev–Trinajstić information content (AvgIpc) is 3.16. The van der Waals surface area contributed by atoms with E-state index in [-0.39, 0.29) is 10.9 Å². The predicted molar refractivity (Wildman–Crippen MR) is 82.3 cm³/mol. The summed E-state index contributed by atoms with van der Waals surface area (Å²) < 4.78 is 27.8. The van der Waals surface area contributed by atoms with E-state index >= 15 is 0 Å². The molecule has 4 nitrogen and oxygen atoms in total. The fourth-order valence-corrected chi connectivity index (χ4v) is 4.21. The summed E-state index contributed by atoms with van der Waals surface area (Å²) in [4.78, 5) is 0.178. The maximum atomic E-state index is 12.5. The van der Waals surface area contributed by atoms with Crippen molar-refractivity contribution in [1.82, 2.24) is 4.72 Å². The number of nitrogen functional groups attached to an aromatic ring is 1. The minimum Gasteiger partial charge on any atom is -0.398 e. The summed E-state index contributed by atoms with van der Waals surface area (Å²) in [7, 11) is -3.58. The van der Waals surface area contributed by atoms with E-state index in [1.165, 1.54) is 18.9 Å². The zero-order chi connectivity index (χ0) is 14.9. The molecule has 0 aromatic heterocycles. The second-order valence-corrected chi connectivity index (χ2v) is 7.64. The van der Waals surface area contributed by atoms with Gasteiger partial charge in [-0.1, -0.05) is 31.4 Å². The molecule has 1 unspecified atom stereocenters. The van der Waals surface area contributed by atoms with E-state index in [0.717, 1.165) is 12.8 Å². The molecule has 1 atom stereocenters. The van der Waals surface area contributed by atoms with Crippen molar-refractivity contribution < 1.29 is 8.42 Å². The number of sulfonamides is 1. The number of hydrogen-bond acceptors (Lipinski definition) is 3. The Morgan fingerprint density at radius 2 is 2.10 bits per heavy atom. The highest BCUT2D eigenvalue weighted by atomic mass is 35.5. The van der Waals surface area contributed by atoms with E-state index in [1.807, 2.05) is 6.92 Å². The molecule has 1 fully saturated rings. The van der Waals surface area contributed by atoms with Crippen LogP contribution < -0.4 is 10.5 Å². The molecule has 1 aromatic rings. The molecule has 0 bridgehead atoms. The molecule has 1 aliphatic carbocycles. The first kappa shape index (κ1) is 15.6. The number of nitrogens with two attached hydrogens (primary N) is 1. The first-order chi connectivity index (χ1) is 9.33. The number of rotatable bonds is 6. The first-order valence-corrected chi connectivity index (χ1v) is 8.77. The Bertz CT molecular complexity index is 597. The van der Waals surface area contributed by atoms with Gasteiger partial charge >= 0.3 is 0 Å². The third-order valence-corrected chi connectivity index (χ3v) is 5.65. The molecule has 0 heterocycles. The predicted octanol–water partition coefficient (Wildman–Crippen LogP) is 3.09. The van der Waals surface area contributed by atoms with Gasteiger partial charge in [-0.25, -0.2) is 13.1 Å². The lowest BCUT2D eigenvalue weighted by Crippen LogP contribution is -2.35. The van der Waals surface area contributed by atoms with Gasteiger partial charge in [-0.3, -0.25) is 0 Å². The van der Waals surface area contributed by atoms with E-state index in [0.29, 0.717) is 22.2 Å². The quantitative estimate of drug-likeness (QED) is 0.792. The maximum absolute atomic E-state index is 12.5. The second kappa shape index (κ2) is 5.92. The van der Waals surface area contributed by atoms with Crippen LogP contribution in [0.4, 0.5) is 5.69 Å². The van der Waals surface area contributed by atoms with Crippen molar-refractivity contribution in [3.8, 4) is 0 Å². The van der Waals surface area contributed by atoms with Gasteiger partial charge in [0.2, 0.25) is 10.0 Å². The molecule has 1 aromatic carbocycles. The van der Waals surface area contributed by atoms with Crippen LogP contribution in [0.15, 0.2) is 17.0 Å². The van der Waals surface area contributed by atoms with Crippen molar-refractivity contribution in [2.75, 3.05) is 5.73 Å². The summed E-state index contributed by atoms with van der Waals surface area (Å²) >= 11 is 5.92. The minimum atomic E-state index is -3.58. The van der Waals surface area contributed by atoms with E-state index in [9.17, 15) is 8.42 Å². The lowest BCUT2D eigenvalue weighted by atomic mass is 10.1. The van der Waals surface area contributed by atoms with Gasteiger partial charge in [-0.15, -0.1) is 0 Å². The molecule has 2 rings (SSSR count). The van der Waals surface area contributed by atoms with Gasteiger partial charge in [-0.05, 0) is 43.4 Å². The van der Waals surface area contributed by atoms with Crippen LogP contribution in [0.1, 0.15) is 38.2 Å². The van der Waals surface area contributed by atoms with Crippen LogP contribution in [0.25, 0.3) is 0 Å². The minimum absolute atomic E-state index is 0.0212. The van der Waals surface area contributed by atoms with Crippen LogP contribution in [0, 0.1) is 12.8 Å². The number of hydrogen-bond donors (Lipinski definition) is 2. The van der Waals surface area contributed by atoms with E-state index in [1.54, 1.807) is 13.0 Å². The van der Waals surface area contributed by atoms with Gasteiger partial charge in [0.25, 0.3) is 0 Å². The molecule has 0 aliphatic heterocycles. The Hall–Kier alpha value is -0.780. The van der Waals surface area contributed by atoms with Crippen molar-refractivity contribution >= 4 is 27.3 Å². The van der Waals surface area contributed by atoms with Gasteiger partial charge in [0.15, 0.2) is 0 Å². The summed E-state index contributed by atoms with van der Waals surface area (Å²) in [5, 5.41) is 0.337. The summed E-state index contributed by atoms with van der Waals surface area (Å²) in [5.74, 6) is 0.674. The van der Waals surface area contributed by atoms with E-state index in [2.05, 4.69) is 4.72 Å². The third-order valence-electron chi connectivity index (χ3n) is 3.78. The molecular weight excluding hydrogens is 296 g/mol. The van der Waals surface area contributed by atoms with Crippen molar-refractivity contribution in [3.63, 3.8) is 0 Å². The van der Waals surface area contributed by atoms with Crippen LogP contribution in [0.5, 0.6) is 0 Å². The maximum Gasteiger partial charge on any atom is 0.241 e. The van der Waals surface area contributed by atoms with Gasteiger partial charge in [0.1, 0.15) is 0 Å². The van der Waals surface area contributed by atoms with Crippen LogP contribution in [0.3, 0.4) is 0 Å². The molecule has 1 saturated carbocycles. The highest BCUT2D eigenvalue weighted by Crippen LogP contribution is 2.34. The Kier molecular flexibility index (Phi) is 4.62. The summed E-state index contributed by atoms with van der Waals surface area (Å²) in [5.41, 5.74) is 6.74. The third kappa shape index (κ3) is 3.65. The van der Waals surface area contributed by atoms with Gasteiger partial charge < -0.3 is 5.73 Å². The molecule has 112 valence electrons. The molecule has 0 amide bonds. The largest absolute Gasteiger partial charge is 0.398 e. The normalized spacial score (nSPS) is 17.1. The molecule has 0 spiro atoms.